The summed E-state index contributed by atoms with van der Waals surface area (Å²) in [4.78, 5) is 3.15. The molecule has 0 saturated heterocycles. The number of hydrogen-bond acceptors (Lipinski definition) is 2. The van der Waals surface area contributed by atoms with Gasteiger partial charge in [-0.05, 0) is 19.1 Å². The standard InChI is InChI=1S/C11H10N2O/c1-7-10(6-12)9-4-3-8(14-2)5-11(9)13-7/h3-5,13H,1-2H3. The second-order valence-corrected chi connectivity index (χ2v) is 3.15. The van der Waals surface area contributed by atoms with E-state index in [0.29, 0.717) is 5.56 Å². The molecular weight excluding hydrogens is 176 g/mol. The van der Waals surface area contributed by atoms with Gasteiger partial charge >= 0.3 is 0 Å². The van der Waals surface area contributed by atoms with Crippen molar-refractivity contribution in [2.75, 3.05) is 7.11 Å². The van der Waals surface area contributed by atoms with Crippen LogP contribution in [0.4, 0.5) is 0 Å². The number of rotatable bonds is 1. The van der Waals surface area contributed by atoms with E-state index in [1.807, 2.05) is 25.1 Å². The van der Waals surface area contributed by atoms with Crippen LogP contribution < -0.4 is 4.74 Å². The average molecular weight is 186 g/mol. The van der Waals surface area contributed by atoms with Gasteiger partial charge in [0.15, 0.2) is 0 Å². The third-order valence-corrected chi connectivity index (χ3v) is 2.31. The Kier molecular flexibility index (Phi) is 1.90. The van der Waals surface area contributed by atoms with Crippen LogP contribution in [0.2, 0.25) is 0 Å². The van der Waals surface area contributed by atoms with Gasteiger partial charge in [-0.15, -0.1) is 0 Å². The Morgan fingerprint density at radius 1 is 1.43 bits per heavy atom. The fourth-order valence-corrected chi connectivity index (χ4v) is 1.58. The third kappa shape index (κ3) is 1.12. The Hall–Kier alpha value is -1.95. The molecule has 1 N–H and O–H groups in total. The van der Waals surface area contributed by atoms with E-state index in [0.717, 1.165) is 22.3 Å². The lowest BCUT2D eigenvalue weighted by Gasteiger charge is -1.97. The zero-order valence-electron chi connectivity index (χ0n) is 8.09. The predicted octanol–water partition coefficient (Wildman–Crippen LogP) is 2.36. The molecule has 70 valence electrons. The van der Waals surface area contributed by atoms with Crippen LogP contribution in [0.25, 0.3) is 10.9 Å². The maximum absolute atomic E-state index is 8.93. The minimum atomic E-state index is 0.711. The Bertz CT molecular complexity index is 520. The number of H-pyrrole nitrogens is 1. The molecule has 3 heteroatoms. The van der Waals surface area contributed by atoms with E-state index in [-0.39, 0.29) is 0 Å². The summed E-state index contributed by atoms with van der Waals surface area (Å²) in [5, 5.41) is 9.88. The van der Waals surface area contributed by atoms with Gasteiger partial charge in [0.05, 0.1) is 18.2 Å². The molecule has 0 amide bonds. The first kappa shape index (κ1) is 8.64. The summed E-state index contributed by atoms with van der Waals surface area (Å²) < 4.78 is 5.10. The molecule has 0 bridgehead atoms. The van der Waals surface area contributed by atoms with E-state index in [1.165, 1.54) is 0 Å². The molecule has 0 saturated carbocycles. The van der Waals surface area contributed by atoms with E-state index in [4.69, 9.17) is 10.00 Å². The normalized spacial score (nSPS) is 10.1. The monoisotopic (exact) mass is 186 g/mol. The molecule has 2 rings (SSSR count). The number of aromatic nitrogens is 1. The SMILES string of the molecule is COc1ccc2c(C#N)c(C)[nH]c2c1. The summed E-state index contributed by atoms with van der Waals surface area (Å²) in [5.74, 6) is 0.795. The van der Waals surface area contributed by atoms with Crippen molar-refractivity contribution < 1.29 is 4.74 Å². The fraction of sp³-hybridized carbons (Fsp3) is 0.182. The molecular formula is C11H10N2O. The smallest absolute Gasteiger partial charge is 0.120 e. The highest BCUT2D eigenvalue weighted by atomic mass is 16.5. The van der Waals surface area contributed by atoms with Gasteiger partial charge in [-0.3, -0.25) is 0 Å². The van der Waals surface area contributed by atoms with Crippen LogP contribution in [0, 0.1) is 18.3 Å². The summed E-state index contributed by atoms with van der Waals surface area (Å²) in [6.07, 6.45) is 0. The summed E-state index contributed by atoms with van der Waals surface area (Å²) >= 11 is 0. The average Bonchev–Trinajstić information content (AvgIpc) is 2.51. The minimum absolute atomic E-state index is 0.711. The van der Waals surface area contributed by atoms with Crippen molar-refractivity contribution in [1.29, 1.82) is 5.26 Å². The second kappa shape index (κ2) is 3.08. The Balaban J connectivity index is 2.76. The predicted molar refractivity (Wildman–Crippen MR) is 54.3 cm³/mol. The maximum Gasteiger partial charge on any atom is 0.120 e. The lowest BCUT2D eigenvalue weighted by molar-refractivity contribution is 0.415. The van der Waals surface area contributed by atoms with Crippen molar-refractivity contribution in [3.8, 4) is 11.8 Å². The molecule has 0 aliphatic rings. The van der Waals surface area contributed by atoms with Crippen LogP contribution in [-0.4, -0.2) is 12.1 Å². The first-order valence-corrected chi connectivity index (χ1v) is 4.32. The van der Waals surface area contributed by atoms with Crippen molar-refractivity contribution in [2.24, 2.45) is 0 Å². The molecule has 0 unspecified atom stereocenters. The molecule has 0 atom stereocenters. The van der Waals surface area contributed by atoms with Crippen molar-refractivity contribution >= 4 is 10.9 Å². The van der Waals surface area contributed by atoms with Crippen LogP contribution in [-0.2, 0) is 0 Å². The van der Waals surface area contributed by atoms with Gasteiger partial charge in [0.1, 0.15) is 11.8 Å². The van der Waals surface area contributed by atoms with Crippen LogP contribution in [0.15, 0.2) is 18.2 Å². The molecule has 14 heavy (non-hydrogen) atoms. The number of nitrogens with one attached hydrogen (secondary N) is 1. The van der Waals surface area contributed by atoms with Crippen LogP contribution in [0.5, 0.6) is 5.75 Å². The van der Waals surface area contributed by atoms with Crippen LogP contribution >= 0.6 is 0 Å². The Morgan fingerprint density at radius 3 is 2.86 bits per heavy atom. The highest BCUT2D eigenvalue weighted by Crippen LogP contribution is 2.24. The topological polar surface area (TPSA) is 48.8 Å². The number of nitrogens with zero attached hydrogens (tertiary/aromatic N) is 1. The molecule has 0 aliphatic carbocycles. The van der Waals surface area contributed by atoms with Gasteiger partial charge in [0.25, 0.3) is 0 Å². The molecule has 1 aromatic carbocycles. The number of aryl methyl sites for hydroxylation is 1. The van der Waals surface area contributed by atoms with E-state index in [2.05, 4.69) is 11.1 Å². The first-order chi connectivity index (χ1) is 6.76. The van der Waals surface area contributed by atoms with Crippen molar-refractivity contribution in [2.45, 2.75) is 6.92 Å². The number of methoxy groups -OCH3 is 1. The lowest BCUT2D eigenvalue weighted by atomic mass is 10.1. The highest BCUT2D eigenvalue weighted by molar-refractivity contribution is 5.88. The minimum Gasteiger partial charge on any atom is -0.497 e. The zero-order chi connectivity index (χ0) is 10.1. The van der Waals surface area contributed by atoms with Crippen LogP contribution in [0.3, 0.4) is 0 Å². The quantitative estimate of drug-likeness (QED) is 0.743. The van der Waals surface area contributed by atoms with E-state index in [9.17, 15) is 0 Å². The summed E-state index contributed by atoms with van der Waals surface area (Å²) in [5.41, 5.74) is 2.55. The second-order valence-electron chi connectivity index (χ2n) is 3.15. The molecule has 3 nitrogen and oxygen atoms in total. The van der Waals surface area contributed by atoms with Gasteiger partial charge < -0.3 is 9.72 Å². The number of ether oxygens (including phenoxy) is 1. The molecule has 0 fully saturated rings. The van der Waals surface area contributed by atoms with Gasteiger partial charge in [-0.1, -0.05) is 0 Å². The maximum atomic E-state index is 8.93. The van der Waals surface area contributed by atoms with Gasteiger partial charge in [-0.2, -0.15) is 5.26 Å². The number of fused-ring (bicyclic) bond motifs is 1. The summed E-state index contributed by atoms with van der Waals surface area (Å²) in [7, 11) is 1.63. The van der Waals surface area contributed by atoms with Crippen molar-refractivity contribution in [1.82, 2.24) is 4.98 Å². The number of aromatic amines is 1. The molecule has 2 aromatic rings. The van der Waals surface area contributed by atoms with Crippen molar-refractivity contribution in [3.05, 3.63) is 29.5 Å². The van der Waals surface area contributed by atoms with Crippen LogP contribution in [0.1, 0.15) is 11.3 Å². The number of hydrogen-bond donors (Lipinski definition) is 1. The lowest BCUT2D eigenvalue weighted by Crippen LogP contribution is -1.81. The zero-order valence-corrected chi connectivity index (χ0v) is 8.09. The van der Waals surface area contributed by atoms with E-state index in [1.54, 1.807) is 7.11 Å². The van der Waals surface area contributed by atoms with Gasteiger partial charge in [-0.25, -0.2) is 0 Å². The van der Waals surface area contributed by atoms with Crippen molar-refractivity contribution in [3.63, 3.8) is 0 Å². The first-order valence-electron chi connectivity index (χ1n) is 4.32. The Labute approximate surface area is 81.9 Å². The summed E-state index contributed by atoms with van der Waals surface area (Å²) in [6.45, 7) is 1.89. The highest BCUT2D eigenvalue weighted by Gasteiger charge is 2.07. The van der Waals surface area contributed by atoms with Gasteiger partial charge in [0, 0.05) is 17.1 Å². The van der Waals surface area contributed by atoms with E-state index >= 15 is 0 Å². The molecule has 1 heterocycles. The third-order valence-electron chi connectivity index (χ3n) is 2.31. The number of benzene rings is 1. The summed E-state index contributed by atoms with van der Waals surface area (Å²) in [6, 6.07) is 7.83. The molecule has 0 aliphatic heterocycles. The van der Waals surface area contributed by atoms with E-state index < -0.39 is 0 Å². The fourth-order valence-electron chi connectivity index (χ4n) is 1.58. The molecule has 1 aromatic heterocycles. The largest absolute Gasteiger partial charge is 0.497 e. The number of nitriles is 1. The molecule has 0 radical (unpaired) electrons. The molecule has 0 spiro atoms. The van der Waals surface area contributed by atoms with Gasteiger partial charge in [0.2, 0.25) is 0 Å². The Morgan fingerprint density at radius 2 is 2.21 bits per heavy atom.